The first-order valence-electron chi connectivity index (χ1n) is 14.6. The first-order valence-corrected chi connectivity index (χ1v) is 14.6. The van der Waals surface area contributed by atoms with Crippen LogP contribution in [0.4, 0.5) is 5.69 Å². The third-order valence-electron chi connectivity index (χ3n) is 8.31. The van der Waals surface area contributed by atoms with Gasteiger partial charge in [-0.1, -0.05) is 24.3 Å². The molecule has 1 N–H and O–H groups in total. The number of piperidine rings is 1. The second-order valence-corrected chi connectivity index (χ2v) is 11.1. The number of aryl methyl sites for hydroxylation is 1. The Bertz CT molecular complexity index is 1600. The fourth-order valence-corrected chi connectivity index (χ4v) is 5.94. The molecule has 0 radical (unpaired) electrons. The number of hydrogen-bond acceptors (Lipinski definition) is 6. The average Bonchev–Trinajstić information content (AvgIpc) is 3.00. The summed E-state index contributed by atoms with van der Waals surface area (Å²) in [5.41, 5.74) is 3.81. The van der Waals surface area contributed by atoms with Gasteiger partial charge in [-0.2, -0.15) is 0 Å². The van der Waals surface area contributed by atoms with Crippen LogP contribution in [-0.2, 0) is 11.3 Å². The molecule has 0 aliphatic carbocycles. The van der Waals surface area contributed by atoms with E-state index in [4.69, 9.17) is 9.72 Å². The molecule has 8 nitrogen and oxygen atoms in total. The number of carbonyl (C=O) groups is 1. The molecule has 1 amide bonds. The summed E-state index contributed by atoms with van der Waals surface area (Å²) >= 11 is 0. The van der Waals surface area contributed by atoms with Gasteiger partial charge in [-0.15, -0.1) is 0 Å². The van der Waals surface area contributed by atoms with Crippen molar-refractivity contribution in [2.75, 3.05) is 44.2 Å². The summed E-state index contributed by atoms with van der Waals surface area (Å²) in [6, 6.07) is 21.7. The van der Waals surface area contributed by atoms with Gasteiger partial charge in [-0.3, -0.25) is 14.2 Å². The average molecular weight is 552 g/mol. The Morgan fingerprint density at radius 1 is 1.00 bits per heavy atom. The summed E-state index contributed by atoms with van der Waals surface area (Å²) in [6.45, 7) is 9.34. The maximum Gasteiger partial charge on any atom is 0.261 e. The highest BCUT2D eigenvalue weighted by Gasteiger charge is 2.21. The number of carbonyl (C=O) groups excluding carboxylic acids is 1. The highest BCUT2D eigenvalue weighted by Crippen LogP contribution is 2.29. The van der Waals surface area contributed by atoms with Crippen LogP contribution in [0, 0.1) is 12.8 Å². The smallest absolute Gasteiger partial charge is 0.261 e. The number of aromatic nitrogens is 2. The van der Waals surface area contributed by atoms with E-state index in [0.717, 1.165) is 74.7 Å². The Labute approximate surface area is 240 Å². The third-order valence-corrected chi connectivity index (χ3v) is 8.31. The van der Waals surface area contributed by atoms with Gasteiger partial charge in [-0.25, -0.2) is 4.98 Å². The van der Waals surface area contributed by atoms with Crippen LogP contribution in [0.3, 0.4) is 0 Å². The molecule has 0 bridgehead atoms. The first-order chi connectivity index (χ1) is 20.0. The minimum Gasteiger partial charge on any atom is -0.457 e. The molecular weight excluding hydrogens is 514 g/mol. The normalized spacial score (nSPS) is 17.6. The number of rotatable bonds is 6. The molecule has 2 aliphatic heterocycles. The van der Waals surface area contributed by atoms with Crippen molar-refractivity contribution in [1.82, 2.24) is 19.8 Å². The largest absolute Gasteiger partial charge is 0.457 e. The van der Waals surface area contributed by atoms with Gasteiger partial charge in [0, 0.05) is 50.9 Å². The lowest BCUT2D eigenvalue weighted by atomic mass is 9.99. The van der Waals surface area contributed by atoms with Gasteiger partial charge in [0.2, 0.25) is 5.91 Å². The fourth-order valence-electron chi connectivity index (χ4n) is 5.94. The van der Waals surface area contributed by atoms with Crippen molar-refractivity contribution in [3.8, 4) is 22.9 Å². The lowest BCUT2D eigenvalue weighted by Crippen LogP contribution is -2.48. The standard InChI is InChI=1S/C33H37N5O3/c1-23-6-3-4-8-29(23)32-35-31-14-13-28(20-30(31)33(40)38(32)22-25-7-5-15-34-21-25)41-27-11-9-26(10-12-27)37-18-16-36(17-19-37)24(2)39/h3-4,6,8-14,20,25,34H,5,7,15-19,21-22H2,1-2H3/t25-/m0/s1. The van der Waals surface area contributed by atoms with Gasteiger partial charge in [0.25, 0.3) is 5.56 Å². The van der Waals surface area contributed by atoms with Crippen LogP contribution in [-0.4, -0.2) is 59.6 Å². The van der Waals surface area contributed by atoms with Crippen LogP contribution in [0.1, 0.15) is 25.3 Å². The third kappa shape index (κ3) is 5.84. The number of fused-ring (bicyclic) bond motifs is 1. The molecule has 41 heavy (non-hydrogen) atoms. The molecule has 1 atom stereocenters. The second kappa shape index (κ2) is 11.7. The maximum atomic E-state index is 14.0. The Hall–Kier alpha value is -4.17. The van der Waals surface area contributed by atoms with Crippen LogP contribution in [0.25, 0.3) is 22.3 Å². The lowest BCUT2D eigenvalue weighted by molar-refractivity contribution is -0.129. The summed E-state index contributed by atoms with van der Waals surface area (Å²) in [4.78, 5) is 34.8. The molecule has 0 saturated carbocycles. The molecule has 6 rings (SSSR count). The number of ether oxygens (including phenoxy) is 1. The van der Waals surface area contributed by atoms with Crippen molar-refractivity contribution in [3.63, 3.8) is 0 Å². The number of hydrogen-bond donors (Lipinski definition) is 1. The summed E-state index contributed by atoms with van der Waals surface area (Å²) in [7, 11) is 0. The quantitative estimate of drug-likeness (QED) is 0.370. The second-order valence-electron chi connectivity index (χ2n) is 11.1. The van der Waals surface area contributed by atoms with Crippen molar-refractivity contribution in [3.05, 3.63) is 82.6 Å². The van der Waals surface area contributed by atoms with Gasteiger partial charge in [0.15, 0.2) is 0 Å². The predicted molar refractivity (Wildman–Crippen MR) is 163 cm³/mol. The number of benzene rings is 3. The number of nitrogens with zero attached hydrogens (tertiary/aromatic N) is 4. The van der Waals surface area contributed by atoms with E-state index in [1.165, 1.54) is 0 Å². The zero-order valence-corrected chi connectivity index (χ0v) is 23.8. The molecule has 8 heteroatoms. The summed E-state index contributed by atoms with van der Waals surface area (Å²) < 4.78 is 8.07. The Morgan fingerprint density at radius 3 is 2.46 bits per heavy atom. The topological polar surface area (TPSA) is 79.7 Å². The van der Waals surface area contributed by atoms with Crippen molar-refractivity contribution < 1.29 is 9.53 Å². The van der Waals surface area contributed by atoms with Gasteiger partial charge in [-0.05, 0) is 86.8 Å². The van der Waals surface area contributed by atoms with E-state index in [1.807, 2.05) is 70.1 Å². The number of nitrogens with one attached hydrogen (secondary N) is 1. The Kier molecular flexibility index (Phi) is 7.74. The minimum atomic E-state index is -0.0377. The van der Waals surface area contributed by atoms with Gasteiger partial charge < -0.3 is 19.9 Å². The van der Waals surface area contributed by atoms with Crippen LogP contribution in [0.2, 0.25) is 0 Å². The molecular formula is C33H37N5O3. The Balaban J connectivity index is 1.27. The molecule has 212 valence electrons. The highest BCUT2D eigenvalue weighted by molar-refractivity contribution is 5.81. The molecule has 2 saturated heterocycles. The molecule has 3 aromatic carbocycles. The van der Waals surface area contributed by atoms with E-state index in [2.05, 4.69) is 23.2 Å². The SMILES string of the molecule is CC(=O)N1CCN(c2ccc(Oc3ccc4nc(-c5ccccc5C)n(C[C@H]5CCCNC5)c(=O)c4c3)cc2)CC1. The van der Waals surface area contributed by atoms with Crippen molar-refractivity contribution in [1.29, 1.82) is 0 Å². The van der Waals surface area contributed by atoms with Crippen LogP contribution in [0.15, 0.2) is 71.5 Å². The van der Waals surface area contributed by atoms with Gasteiger partial charge >= 0.3 is 0 Å². The van der Waals surface area contributed by atoms with Crippen LogP contribution >= 0.6 is 0 Å². The van der Waals surface area contributed by atoms with Gasteiger partial charge in [0.1, 0.15) is 17.3 Å². The van der Waals surface area contributed by atoms with Crippen molar-refractivity contribution in [2.24, 2.45) is 5.92 Å². The summed E-state index contributed by atoms with van der Waals surface area (Å²) in [5, 5.41) is 4.03. The predicted octanol–water partition coefficient (Wildman–Crippen LogP) is 4.83. The Morgan fingerprint density at radius 2 is 1.76 bits per heavy atom. The van der Waals surface area contributed by atoms with Crippen molar-refractivity contribution in [2.45, 2.75) is 33.2 Å². The first kappa shape index (κ1) is 27.0. The van der Waals surface area contributed by atoms with E-state index in [9.17, 15) is 9.59 Å². The van der Waals surface area contributed by atoms with Crippen molar-refractivity contribution >= 4 is 22.5 Å². The zero-order valence-electron chi connectivity index (χ0n) is 23.8. The number of anilines is 1. The number of piperazine rings is 1. The van der Waals surface area contributed by atoms with Gasteiger partial charge in [0.05, 0.1) is 10.9 Å². The van der Waals surface area contributed by atoms with Crippen LogP contribution in [0.5, 0.6) is 11.5 Å². The maximum absolute atomic E-state index is 14.0. The summed E-state index contributed by atoms with van der Waals surface area (Å²) in [5.74, 6) is 2.54. The molecule has 0 unspecified atom stereocenters. The van der Waals surface area contributed by atoms with Crippen LogP contribution < -0.4 is 20.5 Å². The monoisotopic (exact) mass is 551 g/mol. The molecule has 0 spiro atoms. The zero-order chi connectivity index (χ0) is 28.3. The summed E-state index contributed by atoms with van der Waals surface area (Å²) in [6.07, 6.45) is 2.21. The molecule has 3 heterocycles. The molecule has 2 fully saturated rings. The highest BCUT2D eigenvalue weighted by atomic mass is 16.5. The minimum absolute atomic E-state index is 0.0377. The molecule has 4 aromatic rings. The van der Waals surface area contributed by atoms with E-state index in [1.54, 1.807) is 6.92 Å². The lowest BCUT2D eigenvalue weighted by Gasteiger charge is -2.35. The van der Waals surface area contributed by atoms with E-state index >= 15 is 0 Å². The molecule has 1 aromatic heterocycles. The molecule has 2 aliphatic rings. The van der Waals surface area contributed by atoms with E-state index in [-0.39, 0.29) is 11.5 Å². The fraction of sp³-hybridized carbons (Fsp3) is 0.364. The van der Waals surface area contributed by atoms with E-state index < -0.39 is 0 Å². The van der Waals surface area contributed by atoms with E-state index in [0.29, 0.717) is 34.9 Å². The number of amides is 1.